The second-order valence-electron chi connectivity index (χ2n) is 2.58. The molecule has 0 aromatic carbocycles. The minimum absolute atomic E-state index is 0.0848. The summed E-state index contributed by atoms with van der Waals surface area (Å²) in [5.41, 5.74) is 0. The molecule has 3 amide bonds. The maximum absolute atomic E-state index is 11.2. The van der Waals surface area contributed by atoms with E-state index in [0.29, 0.717) is 6.54 Å². The number of amides is 3. The SMILES string of the molecule is CCN1CC(=O)C(=O)N(C)C1=O. The van der Waals surface area contributed by atoms with Crippen LogP contribution in [0, 0.1) is 0 Å². The van der Waals surface area contributed by atoms with E-state index in [1.165, 1.54) is 11.9 Å². The van der Waals surface area contributed by atoms with Crippen molar-refractivity contribution in [3.05, 3.63) is 0 Å². The molecule has 0 spiro atoms. The van der Waals surface area contributed by atoms with E-state index in [4.69, 9.17) is 0 Å². The molecular formula is C7H10N2O3. The number of rotatable bonds is 1. The highest BCUT2D eigenvalue weighted by Crippen LogP contribution is 2.04. The average Bonchev–Trinajstić information content (AvgIpc) is 2.08. The van der Waals surface area contributed by atoms with Crippen molar-refractivity contribution >= 4 is 17.7 Å². The lowest BCUT2D eigenvalue weighted by Crippen LogP contribution is -2.55. The number of imide groups is 1. The Labute approximate surface area is 69.9 Å². The predicted octanol–water partition coefficient (Wildman–Crippen LogP) is -0.531. The van der Waals surface area contributed by atoms with E-state index >= 15 is 0 Å². The van der Waals surface area contributed by atoms with Crippen LogP contribution in [0.5, 0.6) is 0 Å². The van der Waals surface area contributed by atoms with Crippen LogP contribution in [0.25, 0.3) is 0 Å². The van der Waals surface area contributed by atoms with Gasteiger partial charge < -0.3 is 4.90 Å². The van der Waals surface area contributed by atoms with Gasteiger partial charge in [0.05, 0.1) is 6.54 Å². The van der Waals surface area contributed by atoms with Gasteiger partial charge >= 0.3 is 6.03 Å². The van der Waals surface area contributed by atoms with Gasteiger partial charge in [0.2, 0.25) is 5.78 Å². The van der Waals surface area contributed by atoms with Crippen molar-refractivity contribution < 1.29 is 14.4 Å². The number of nitrogens with zero attached hydrogens (tertiary/aromatic N) is 2. The molecule has 1 aliphatic heterocycles. The lowest BCUT2D eigenvalue weighted by Gasteiger charge is -2.29. The molecule has 1 aliphatic rings. The third-order valence-electron chi connectivity index (χ3n) is 1.82. The monoisotopic (exact) mass is 170 g/mol. The Morgan fingerprint density at radius 3 is 2.42 bits per heavy atom. The molecule has 0 atom stereocenters. The first-order chi connectivity index (χ1) is 5.57. The molecule has 1 saturated heterocycles. The second kappa shape index (κ2) is 2.92. The van der Waals surface area contributed by atoms with Gasteiger partial charge in [-0.15, -0.1) is 0 Å². The Kier molecular flexibility index (Phi) is 2.12. The van der Waals surface area contributed by atoms with Crippen molar-refractivity contribution in [3.8, 4) is 0 Å². The Balaban J connectivity index is 2.84. The summed E-state index contributed by atoms with van der Waals surface area (Å²) in [6.45, 7) is 2.12. The molecule has 66 valence electrons. The van der Waals surface area contributed by atoms with Crippen LogP contribution in [0.15, 0.2) is 0 Å². The highest BCUT2D eigenvalue weighted by Gasteiger charge is 2.34. The maximum Gasteiger partial charge on any atom is 0.327 e. The molecule has 0 aromatic heterocycles. The summed E-state index contributed by atoms with van der Waals surface area (Å²) >= 11 is 0. The Bertz CT molecular complexity index is 249. The van der Waals surface area contributed by atoms with Gasteiger partial charge in [-0.2, -0.15) is 0 Å². The van der Waals surface area contributed by atoms with Gasteiger partial charge in [-0.25, -0.2) is 4.79 Å². The zero-order chi connectivity index (χ0) is 9.30. The van der Waals surface area contributed by atoms with Gasteiger partial charge in [-0.3, -0.25) is 14.5 Å². The fourth-order valence-corrected chi connectivity index (χ4v) is 1.04. The molecule has 1 fully saturated rings. The first kappa shape index (κ1) is 8.70. The third kappa shape index (κ3) is 1.17. The maximum atomic E-state index is 11.2. The van der Waals surface area contributed by atoms with Gasteiger partial charge in [-0.05, 0) is 6.92 Å². The number of carbonyl (C=O) groups excluding carboxylic acids is 3. The molecule has 0 aromatic rings. The average molecular weight is 170 g/mol. The van der Waals surface area contributed by atoms with Gasteiger partial charge in [-0.1, -0.05) is 0 Å². The first-order valence-electron chi connectivity index (χ1n) is 3.67. The fourth-order valence-electron chi connectivity index (χ4n) is 1.04. The van der Waals surface area contributed by atoms with Crippen LogP contribution < -0.4 is 0 Å². The number of likely N-dealkylation sites (N-methyl/N-ethyl adjacent to an activating group) is 2. The molecular weight excluding hydrogens is 160 g/mol. The summed E-state index contributed by atoms with van der Waals surface area (Å²) in [7, 11) is 1.31. The van der Waals surface area contributed by atoms with Crippen LogP contribution in [0.3, 0.4) is 0 Å². The lowest BCUT2D eigenvalue weighted by molar-refractivity contribution is -0.144. The smallest absolute Gasteiger partial charge is 0.317 e. The highest BCUT2D eigenvalue weighted by molar-refractivity contribution is 6.41. The lowest BCUT2D eigenvalue weighted by atomic mass is 10.2. The highest BCUT2D eigenvalue weighted by atomic mass is 16.2. The third-order valence-corrected chi connectivity index (χ3v) is 1.82. The molecule has 5 heteroatoms. The predicted molar refractivity (Wildman–Crippen MR) is 40.4 cm³/mol. The van der Waals surface area contributed by atoms with E-state index in [1.54, 1.807) is 6.92 Å². The Morgan fingerprint density at radius 2 is 1.92 bits per heavy atom. The van der Waals surface area contributed by atoms with Gasteiger partial charge in [0.15, 0.2) is 0 Å². The van der Waals surface area contributed by atoms with Gasteiger partial charge in [0.25, 0.3) is 5.91 Å². The van der Waals surface area contributed by atoms with Crippen molar-refractivity contribution in [1.82, 2.24) is 9.80 Å². The normalized spacial score (nSPS) is 19.0. The van der Waals surface area contributed by atoms with Gasteiger partial charge in [0.1, 0.15) is 0 Å². The molecule has 1 rings (SSSR count). The van der Waals surface area contributed by atoms with Crippen molar-refractivity contribution in [2.24, 2.45) is 0 Å². The second-order valence-corrected chi connectivity index (χ2v) is 2.58. The molecule has 0 radical (unpaired) electrons. The van der Waals surface area contributed by atoms with Crippen molar-refractivity contribution in [2.75, 3.05) is 20.1 Å². The minimum atomic E-state index is -0.718. The Morgan fingerprint density at radius 1 is 1.33 bits per heavy atom. The number of hydrogen-bond donors (Lipinski definition) is 0. The fraction of sp³-hybridized carbons (Fsp3) is 0.571. The zero-order valence-corrected chi connectivity index (χ0v) is 7.03. The molecule has 0 aliphatic carbocycles. The quantitative estimate of drug-likeness (QED) is 0.497. The number of carbonyl (C=O) groups is 3. The zero-order valence-electron chi connectivity index (χ0n) is 7.03. The van der Waals surface area contributed by atoms with E-state index in [1.807, 2.05) is 0 Å². The molecule has 0 bridgehead atoms. The molecule has 0 saturated carbocycles. The van der Waals surface area contributed by atoms with E-state index < -0.39 is 17.7 Å². The van der Waals surface area contributed by atoms with Crippen molar-refractivity contribution in [1.29, 1.82) is 0 Å². The largest absolute Gasteiger partial charge is 0.327 e. The molecule has 1 heterocycles. The van der Waals surface area contributed by atoms with Crippen molar-refractivity contribution in [2.45, 2.75) is 6.92 Å². The van der Waals surface area contributed by atoms with Crippen LogP contribution >= 0.6 is 0 Å². The number of hydrogen-bond acceptors (Lipinski definition) is 3. The van der Waals surface area contributed by atoms with E-state index in [2.05, 4.69) is 0 Å². The van der Waals surface area contributed by atoms with Crippen LogP contribution in [0.2, 0.25) is 0 Å². The van der Waals surface area contributed by atoms with Crippen LogP contribution in [-0.2, 0) is 9.59 Å². The summed E-state index contributed by atoms with van der Waals surface area (Å²) in [5, 5.41) is 0. The molecule has 0 unspecified atom stereocenters. The topological polar surface area (TPSA) is 57.7 Å². The summed E-state index contributed by atoms with van der Waals surface area (Å²) in [6, 6.07) is -0.401. The molecule has 12 heavy (non-hydrogen) atoms. The molecule has 5 nitrogen and oxygen atoms in total. The number of ketones is 1. The summed E-state index contributed by atoms with van der Waals surface area (Å²) in [5.74, 6) is -1.25. The van der Waals surface area contributed by atoms with E-state index in [-0.39, 0.29) is 6.54 Å². The van der Waals surface area contributed by atoms with Crippen LogP contribution in [0.4, 0.5) is 4.79 Å². The first-order valence-corrected chi connectivity index (χ1v) is 3.67. The van der Waals surface area contributed by atoms with Crippen LogP contribution in [0.1, 0.15) is 6.92 Å². The summed E-state index contributed by atoms with van der Waals surface area (Å²) < 4.78 is 0. The standard InChI is InChI=1S/C7H10N2O3/c1-3-9-4-5(10)6(11)8(2)7(9)12/h3-4H2,1-2H3. The summed E-state index contributed by atoms with van der Waals surface area (Å²) in [4.78, 5) is 35.2. The number of urea groups is 1. The summed E-state index contributed by atoms with van der Waals surface area (Å²) in [6.07, 6.45) is 0. The number of Topliss-reactive ketones (excluding diaryl/α,β-unsaturated/α-hetero) is 1. The van der Waals surface area contributed by atoms with E-state index in [9.17, 15) is 14.4 Å². The van der Waals surface area contributed by atoms with Gasteiger partial charge in [0, 0.05) is 13.6 Å². The molecule has 0 N–H and O–H groups in total. The minimum Gasteiger partial charge on any atom is -0.317 e. The Hall–Kier alpha value is -1.39. The van der Waals surface area contributed by atoms with E-state index in [0.717, 1.165) is 4.90 Å². The van der Waals surface area contributed by atoms with Crippen LogP contribution in [-0.4, -0.2) is 47.7 Å². The van der Waals surface area contributed by atoms with Crippen molar-refractivity contribution in [3.63, 3.8) is 0 Å².